The van der Waals surface area contributed by atoms with Crippen LogP contribution in [0.25, 0.3) is 0 Å². The molecule has 8 heteroatoms. The van der Waals surface area contributed by atoms with E-state index in [-0.39, 0.29) is 5.03 Å². The molecule has 19 heavy (non-hydrogen) atoms. The Balaban J connectivity index is 2.33. The summed E-state index contributed by atoms with van der Waals surface area (Å²) in [6.07, 6.45) is 1.46. The van der Waals surface area contributed by atoms with Gasteiger partial charge in [0.25, 0.3) is 10.0 Å². The van der Waals surface area contributed by atoms with Gasteiger partial charge in [0.15, 0.2) is 5.03 Å². The van der Waals surface area contributed by atoms with Crippen molar-refractivity contribution in [1.29, 1.82) is 0 Å². The zero-order valence-corrected chi connectivity index (χ0v) is 13.3. The Morgan fingerprint density at radius 1 is 1.42 bits per heavy atom. The summed E-state index contributed by atoms with van der Waals surface area (Å²) in [6.45, 7) is 1.73. The molecule has 0 bridgehead atoms. The summed E-state index contributed by atoms with van der Waals surface area (Å²) in [5.41, 5.74) is 0.386. The molecule has 0 saturated carbocycles. The van der Waals surface area contributed by atoms with E-state index in [9.17, 15) is 8.42 Å². The Morgan fingerprint density at radius 2 is 2.11 bits per heavy atom. The number of sulfonamides is 1. The standard InChI is InChI=1S/C11H11BrClN3O2S/c1-7-14-11(6-16(7)2)19(17,18)15-8-3-4-9(12)10(13)5-8/h3-6,15H,1-2H3. The van der Waals surface area contributed by atoms with Crippen LogP contribution in [-0.2, 0) is 17.1 Å². The summed E-state index contributed by atoms with van der Waals surface area (Å²) in [6, 6.07) is 4.81. The first-order valence-corrected chi connectivity index (χ1v) is 7.93. The summed E-state index contributed by atoms with van der Waals surface area (Å²) in [4.78, 5) is 3.99. The van der Waals surface area contributed by atoms with Crippen LogP contribution < -0.4 is 4.72 Å². The second-order valence-electron chi connectivity index (χ2n) is 3.97. The minimum atomic E-state index is -3.70. The molecule has 5 nitrogen and oxygen atoms in total. The molecule has 2 aromatic rings. The number of hydrogen-bond donors (Lipinski definition) is 1. The highest BCUT2D eigenvalue weighted by atomic mass is 79.9. The van der Waals surface area contributed by atoms with Crippen molar-refractivity contribution in [3.05, 3.63) is 39.7 Å². The fourth-order valence-electron chi connectivity index (χ4n) is 1.42. The molecule has 0 atom stereocenters. The van der Waals surface area contributed by atoms with Crippen LogP contribution in [0.4, 0.5) is 5.69 Å². The van der Waals surface area contributed by atoms with Gasteiger partial charge in [-0.25, -0.2) is 4.98 Å². The first-order chi connectivity index (χ1) is 8.79. The quantitative estimate of drug-likeness (QED) is 0.910. The minimum Gasteiger partial charge on any atom is -0.337 e. The minimum absolute atomic E-state index is 0.0217. The maximum Gasteiger partial charge on any atom is 0.280 e. The number of benzene rings is 1. The molecule has 0 aliphatic carbocycles. The molecule has 1 aromatic carbocycles. The highest BCUT2D eigenvalue weighted by Crippen LogP contribution is 2.26. The van der Waals surface area contributed by atoms with Crippen molar-refractivity contribution in [2.75, 3.05) is 4.72 Å². The van der Waals surface area contributed by atoms with Gasteiger partial charge in [0.2, 0.25) is 0 Å². The Morgan fingerprint density at radius 3 is 2.63 bits per heavy atom. The molecule has 0 unspecified atom stereocenters. The lowest BCUT2D eigenvalue weighted by Gasteiger charge is -2.06. The maximum atomic E-state index is 12.1. The van der Waals surface area contributed by atoms with Gasteiger partial charge in [0.05, 0.1) is 10.7 Å². The lowest BCUT2D eigenvalue weighted by molar-refractivity contribution is 0.598. The monoisotopic (exact) mass is 363 g/mol. The van der Waals surface area contributed by atoms with Gasteiger partial charge in [-0.3, -0.25) is 4.72 Å². The van der Waals surface area contributed by atoms with Crippen molar-refractivity contribution in [1.82, 2.24) is 9.55 Å². The second-order valence-corrected chi connectivity index (χ2v) is 6.86. The molecule has 0 saturated heterocycles. The highest BCUT2D eigenvalue weighted by molar-refractivity contribution is 9.10. The fraction of sp³-hybridized carbons (Fsp3) is 0.182. The maximum absolute atomic E-state index is 12.1. The number of nitrogens with one attached hydrogen (secondary N) is 1. The number of anilines is 1. The molecular formula is C11H11BrClN3O2S. The van der Waals surface area contributed by atoms with Gasteiger partial charge in [-0.1, -0.05) is 11.6 Å². The first kappa shape index (κ1) is 14.4. The number of nitrogens with zero attached hydrogens (tertiary/aromatic N) is 2. The van der Waals surface area contributed by atoms with E-state index in [0.717, 1.165) is 0 Å². The SMILES string of the molecule is Cc1nc(S(=O)(=O)Nc2ccc(Br)c(Cl)c2)cn1C. The fourth-order valence-corrected chi connectivity index (χ4v) is 2.94. The smallest absolute Gasteiger partial charge is 0.280 e. The molecule has 2 rings (SSSR count). The summed E-state index contributed by atoms with van der Waals surface area (Å²) in [7, 11) is -1.97. The van der Waals surface area contributed by atoms with E-state index >= 15 is 0 Å². The first-order valence-electron chi connectivity index (χ1n) is 5.27. The number of aryl methyl sites for hydroxylation is 2. The van der Waals surface area contributed by atoms with Gasteiger partial charge in [0.1, 0.15) is 5.82 Å². The molecule has 102 valence electrons. The topological polar surface area (TPSA) is 64.0 Å². The van der Waals surface area contributed by atoms with E-state index in [2.05, 4.69) is 25.6 Å². The summed E-state index contributed by atoms with van der Waals surface area (Å²) in [5.74, 6) is 0.620. The van der Waals surface area contributed by atoms with Gasteiger partial charge in [0, 0.05) is 17.7 Å². The van der Waals surface area contributed by atoms with E-state index in [4.69, 9.17) is 11.6 Å². The van der Waals surface area contributed by atoms with Gasteiger partial charge < -0.3 is 4.57 Å². The van der Waals surface area contributed by atoms with Gasteiger partial charge in [-0.15, -0.1) is 0 Å². The zero-order valence-electron chi connectivity index (χ0n) is 10.2. The molecule has 0 aliphatic heterocycles. The molecule has 0 fully saturated rings. The van der Waals surface area contributed by atoms with Gasteiger partial charge >= 0.3 is 0 Å². The van der Waals surface area contributed by atoms with Crippen molar-refractivity contribution >= 4 is 43.2 Å². The average molecular weight is 365 g/mol. The lowest BCUT2D eigenvalue weighted by atomic mass is 10.3. The summed E-state index contributed by atoms with van der Waals surface area (Å²) >= 11 is 9.16. The number of halogens is 2. The van der Waals surface area contributed by atoms with Crippen LogP contribution >= 0.6 is 27.5 Å². The lowest BCUT2D eigenvalue weighted by Crippen LogP contribution is -2.13. The highest BCUT2D eigenvalue weighted by Gasteiger charge is 2.18. The van der Waals surface area contributed by atoms with E-state index in [1.165, 1.54) is 12.3 Å². The number of imidazole rings is 1. The molecule has 1 aromatic heterocycles. The Kier molecular flexibility index (Phi) is 3.89. The van der Waals surface area contributed by atoms with E-state index in [1.54, 1.807) is 30.7 Å². The van der Waals surface area contributed by atoms with E-state index < -0.39 is 10.0 Å². The van der Waals surface area contributed by atoms with Gasteiger partial charge in [-0.05, 0) is 41.1 Å². The van der Waals surface area contributed by atoms with Crippen LogP contribution in [0.1, 0.15) is 5.82 Å². The predicted molar refractivity (Wildman–Crippen MR) is 77.9 cm³/mol. The third kappa shape index (κ3) is 3.10. The van der Waals surface area contributed by atoms with Crippen molar-refractivity contribution in [2.24, 2.45) is 7.05 Å². The van der Waals surface area contributed by atoms with Crippen LogP contribution in [0.3, 0.4) is 0 Å². The molecular weight excluding hydrogens is 354 g/mol. The zero-order chi connectivity index (χ0) is 14.2. The number of aromatic nitrogens is 2. The van der Waals surface area contributed by atoms with Gasteiger partial charge in [-0.2, -0.15) is 8.42 Å². The van der Waals surface area contributed by atoms with Crippen molar-refractivity contribution in [3.8, 4) is 0 Å². The van der Waals surface area contributed by atoms with Crippen LogP contribution in [-0.4, -0.2) is 18.0 Å². The van der Waals surface area contributed by atoms with Crippen molar-refractivity contribution < 1.29 is 8.42 Å². The van der Waals surface area contributed by atoms with E-state index in [1.807, 2.05) is 0 Å². The Hall–Kier alpha value is -1.05. The largest absolute Gasteiger partial charge is 0.337 e. The number of rotatable bonds is 3. The Bertz CT molecular complexity index is 708. The van der Waals surface area contributed by atoms with Crippen molar-refractivity contribution in [3.63, 3.8) is 0 Å². The van der Waals surface area contributed by atoms with E-state index in [0.29, 0.717) is 21.0 Å². The molecule has 0 spiro atoms. The predicted octanol–water partition coefficient (Wildman–Crippen LogP) is 2.95. The average Bonchev–Trinajstić information content (AvgIpc) is 2.65. The second kappa shape index (κ2) is 5.15. The number of hydrogen-bond acceptors (Lipinski definition) is 3. The summed E-state index contributed by atoms with van der Waals surface area (Å²) in [5, 5.41) is 0.406. The molecule has 1 heterocycles. The third-order valence-corrected chi connectivity index (χ3v) is 5.02. The van der Waals surface area contributed by atoms with Crippen molar-refractivity contribution in [2.45, 2.75) is 11.9 Å². The van der Waals surface area contributed by atoms with Crippen LogP contribution in [0.5, 0.6) is 0 Å². The normalized spacial score (nSPS) is 11.6. The third-order valence-electron chi connectivity index (χ3n) is 2.53. The molecule has 0 radical (unpaired) electrons. The molecule has 0 amide bonds. The van der Waals surface area contributed by atoms with Crippen LogP contribution in [0.15, 0.2) is 33.9 Å². The van der Waals surface area contributed by atoms with Crippen LogP contribution in [0, 0.1) is 6.92 Å². The van der Waals surface area contributed by atoms with Crippen LogP contribution in [0.2, 0.25) is 5.02 Å². The Labute approximate surface area is 124 Å². The molecule has 1 N–H and O–H groups in total. The summed E-state index contributed by atoms with van der Waals surface area (Å²) < 4.78 is 29.0. The molecule has 0 aliphatic rings.